The molecule has 4 unspecified atom stereocenters. The van der Waals surface area contributed by atoms with Crippen LogP contribution in [0.15, 0.2) is 30.3 Å². The van der Waals surface area contributed by atoms with Crippen LogP contribution in [0.2, 0.25) is 0 Å². The summed E-state index contributed by atoms with van der Waals surface area (Å²) in [5.41, 5.74) is 7.19. The molecule has 0 radical (unpaired) electrons. The molecule has 1 aromatic rings. The highest BCUT2D eigenvalue weighted by atomic mass is 32.1. The van der Waals surface area contributed by atoms with Gasteiger partial charge in [0.25, 0.3) is 5.91 Å². The van der Waals surface area contributed by atoms with E-state index < -0.39 is 0 Å². The highest BCUT2D eigenvalue weighted by molar-refractivity contribution is 7.80. The third-order valence-corrected chi connectivity index (χ3v) is 4.91. The quantitative estimate of drug-likeness (QED) is 0.617. The third-order valence-electron chi connectivity index (χ3n) is 4.69. The van der Waals surface area contributed by atoms with Crippen LogP contribution in [0.25, 0.3) is 0 Å². The van der Waals surface area contributed by atoms with E-state index in [1.807, 2.05) is 18.2 Å². The number of carbonyl (C=O) groups is 1. The van der Waals surface area contributed by atoms with Crippen molar-refractivity contribution in [2.45, 2.75) is 31.8 Å². The molecule has 4 N–H and O–H groups in total. The fourth-order valence-corrected chi connectivity index (χ4v) is 3.64. The lowest BCUT2D eigenvalue weighted by Crippen LogP contribution is -2.58. The first kappa shape index (κ1) is 15.4. The van der Waals surface area contributed by atoms with Gasteiger partial charge in [-0.15, -0.1) is 0 Å². The predicted molar refractivity (Wildman–Crippen MR) is 90.2 cm³/mol. The van der Waals surface area contributed by atoms with Crippen molar-refractivity contribution in [3.8, 4) is 0 Å². The molecular weight excluding hydrogens is 296 g/mol. The van der Waals surface area contributed by atoms with Gasteiger partial charge in [0.2, 0.25) is 0 Å². The van der Waals surface area contributed by atoms with Crippen LogP contribution in [-0.4, -0.2) is 29.6 Å². The summed E-state index contributed by atoms with van der Waals surface area (Å²) in [5.74, 6) is 0.970. The Morgan fingerprint density at radius 3 is 2.82 bits per heavy atom. The van der Waals surface area contributed by atoms with Gasteiger partial charge < -0.3 is 5.32 Å². The molecule has 5 nitrogen and oxygen atoms in total. The third kappa shape index (κ3) is 3.29. The van der Waals surface area contributed by atoms with Gasteiger partial charge in [0.1, 0.15) is 0 Å². The Morgan fingerprint density at radius 2 is 2.05 bits per heavy atom. The van der Waals surface area contributed by atoms with E-state index in [0.717, 1.165) is 6.54 Å². The summed E-state index contributed by atoms with van der Waals surface area (Å²) in [4.78, 5) is 12.1. The molecule has 4 atom stereocenters. The fourth-order valence-electron chi connectivity index (χ4n) is 3.41. The molecule has 1 aromatic carbocycles. The summed E-state index contributed by atoms with van der Waals surface area (Å²) in [5, 5.41) is 6.52. The lowest BCUT2D eigenvalue weighted by Gasteiger charge is -2.38. The predicted octanol–water partition coefficient (Wildman–Crippen LogP) is 1.18. The first-order valence-electron chi connectivity index (χ1n) is 7.80. The average Bonchev–Trinajstić information content (AvgIpc) is 3.00. The molecule has 2 fully saturated rings. The van der Waals surface area contributed by atoms with Crippen molar-refractivity contribution in [2.75, 3.05) is 6.54 Å². The molecule has 2 aliphatic rings. The Kier molecular flexibility index (Phi) is 4.71. The second kappa shape index (κ2) is 6.73. The number of benzene rings is 1. The van der Waals surface area contributed by atoms with Gasteiger partial charge in [-0.2, -0.15) is 0 Å². The van der Waals surface area contributed by atoms with Gasteiger partial charge in [-0.25, -0.2) is 0 Å². The van der Waals surface area contributed by atoms with Crippen molar-refractivity contribution in [3.63, 3.8) is 0 Å². The Labute approximate surface area is 136 Å². The molecule has 1 amide bonds. The number of hydrogen-bond donors (Lipinski definition) is 4. The summed E-state index contributed by atoms with van der Waals surface area (Å²) in [6.45, 7) is 3.23. The van der Waals surface area contributed by atoms with Gasteiger partial charge >= 0.3 is 0 Å². The number of fused-ring (bicyclic) bond motifs is 1. The van der Waals surface area contributed by atoms with E-state index in [0.29, 0.717) is 28.6 Å². The molecule has 1 saturated carbocycles. The Hall–Kier alpha value is -1.50. The van der Waals surface area contributed by atoms with Gasteiger partial charge in [0.15, 0.2) is 5.11 Å². The van der Waals surface area contributed by atoms with Gasteiger partial charge in [-0.1, -0.05) is 25.1 Å². The Balaban J connectivity index is 1.60. The molecule has 1 aliphatic carbocycles. The lowest BCUT2D eigenvalue weighted by molar-refractivity contribution is 0.0975. The van der Waals surface area contributed by atoms with Gasteiger partial charge in [-0.05, 0) is 49.0 Å². The van der Waals surface area contributed by atoms with Crippen molar-refractivity contribution in [1.82, 2.24) is 21.5 Å². The van der Waals surface area contributed by atoms with Crippen LogP contribution in [-0.2, 0) is 0 Å². The van der Waals surface area contributed by atoms with Crippen LogP contribution in [0.5, 0.6) is 0 Å². The molecule has 1 saturated heterocycles. The zero-order valence-electron chi connectivity index (χ0n) is 12.6. The lowest BCUT2D eigenvalue weighted by atomic mass is 9.76. The average molecular weight is 318 g/mol. The zero-order chi connectivity index (χ0) is 15.5. The van der Waals surface area contributed by atoms with Crippen molar-refractivity contribution in [2.24, 2.45) is 11.8 Å². The molecule has 118 valence electrons. The van der Waals surface area contributed by atoms with Gasteiger partial charge in [0, 0.05) is 24.2 Å². The second-order valence-corrected chi connectivity index (χ2v) is 6.59. The number of hydrazine groups is 1. The molecule has 0 aromatic heterocycles. The number of thiocarbonyl (C=S) groups is 1. The number of carbonyl (C=O) groups excluding carboxylic acids is 1. The van der Waals surface area contributed by atoms with Crippen LogP contribution < -0.4 is 21.5 Å². The minimum Gasteiger partial charge on any atom is -0.358 e. The first-order valence-corrected chi connectivity index (χ1v) is 8.21. The van der Waals surface area contributed by atoms with Crippen molar-refractivity contribution in [1.29, 1.82) is 0 Å². The summed E-state index contributed by atoms with van der Waals surface area (Å²) in [7, 11) is 0. The molecule has 0 bridgehead atoms. The maximum Gasteiger partial charge on any atom is 0.257 e. The first-order chi connectivity index (χ1) is 10.6. The topological polar surface area (TPSA) is 65.2 Å². The number of hydrogen-bond acceptors (Lipinski definition) is 4. The van der Waals surface area contributed by atoms with Gasteiger partial charge in [-0.3, -0.25) is 21.0 Å². The van der Waals surface area contributed by atoms with E-state index in [-0.39, 0.29) is 11.9 Å². The summed E-state index contributed by atoms with van der Waals surface area (Å²) in [6, 6.07) is 9.71. The van der Waals surface area contributed by atoms with Crippen LogP contribution in [0.1, 0.15) is 30.1 Å². The number of nitrogens with one attached hydrogen (secondary N) is 4. The highest BCUT2D eigenvalue weighted by Gasteiger charge is 2.40. The second-order valence-electron chi connectivity index (χ2n) is 6.19. The summed E-state index contributed by atoms with van der Waals surface area (Å²) < 4.78 is 0. The summed E-state index contributed by atoms with van der Waals surface area (Å²) in [6.07, 6.45) is 2.41. The number of amides is 1. The van der Waals surface area contributed by atoms with Crippen molar-refractivity contribution < 1.29 is 4.79 Å². The monoisotopic (exact) mass is 318 g/mol. The maximum absolute atomic E-state index is 12.1. The highest BCUT2D eigenvalue weighted by Crippen LogP contribution is 2.30. The van der Waals surface area contributed by atoms with E-state index >= 15 is 0 Å². The van der Waals surface area contributed by atoms with Crippen molar-refractivity contribution in [3.05, 3.63) is 35.9 Å². The zero-order valence-corrected chi connectivity index (χ0v) is 13.5. The molecule has 6 heteroatoms. The minimum absolute atomic E-state index is 0.171. The molecule has 1 heterocycles. The van der Waals surface area contributed by atoms with E-state index in [4.69, 9.17) is 12.2 Å². The Bertz CT molecular complexity index is 550. The van der Waals surface area contributed by atoms with E-state index in [9.17, 15) is 4.79 Å². The van der Waals surface area contributed by atoms with E-state index in [2.05, 4.69) is 28.4 Å². The largest absolute Gasteiger partial charge is 0.358 e. The molecule has 3 rings (SSSR count). The van der Waals surface area contributed by atoms with Crippen LogP contribution >= 0.6 is 12.2 Å². The molecule has 1 aliphatic heterocycles. The SMILES string of the molecule is CC1CCC2CNNC2C1NC(=S)NC(=O)c1ccccc1. The maximum atomic E-state index is 12.1. The Morgan fingerprint density at radius 1 is 1.27 bits per heavy atom. The standard InChI is InChI=1S/C16H22N4OS/c1-10-7-8-12-9-17-20-14(12)13(10)18-16(22)19-15(21)11-5-3-2-4-6-11/h2-6,10,12-14,17,20H,7-9H2,1H3,(H2,18,19,21,22). The molecular formula is C16H22N4OS. The van der Waals surface area contributed by atoms with Crippen LogP contribution in [0, 0.1) is 11.8 Å². The summed E-state index contributed by atoms with van der Waals surface area (Å²) >= 11 is 5.33. The van der Waals surface area contributed by atoms with E-state index in [1.54, 1.807) is 12.1 Å². The van der Waals surface area contributed by atoms with Gasteiger partial charge in [0.05, 0.1) is 0 Å². The minimum atomic E-state index is -0.171. The molecule has 0 spiro atoms. The fraction of sp³-hybridized carbons (Fsp3) is 0.500. The number of rotatable bonds is 2. The van der Waals surface area contributed by atoms with E-state index in [1.165, 1.54) is 12.8 Å². The molecule has 22 heavy (non-hydrogen) atoms. The van der Waals surface area contributed by atoms with Crippen LogP contribution in [0.3, 0.4) is 0 Å². The van der Waals surface area contributed by atoms with Crippen LogP contribution in [0.4, 0.5) is 0 Å². The van der Waals surface area contributed by atoms with Crippen molar-refractivity contribution >= 4 is 23.2 Å². The smallest absolute Gasteiger partial charge is 0.257 e. The normalized spacial score (nSPS) is 30.4.